The van der Waals surface area contributed by atoms with Crippen molar-refractivity contribution in [1.82, 2.24) is 0 Å². The first-order chi connectivity index (χ1) is 14.9. The maximum atomic E-state index is 12.6. The zero-order chi connectivity index (χ0) is 23.7. The molecule has 170 valence electrons. The quantitative estimate of drug-likeness (QED) is 0.254. The van der Waals surface area contributed by atoms with Crippen LogP contribution in [-0.4, -0.2) is 48.6 Å². The Morgan fingerprint density at radius 3 is 2.34 bits per heavy atom. The highest BCUT2D eigenvalue weighted by atomic mass is 16.5. The lowest BCUT2D eigenvalue weighted by atomic mass is 9.88. The van der Waals surface area contributed by atoms with Gasteiger partial charge in [0.25, 0.3) is 0 Å². The maximum absolute atomic E-state index is 12.6. The van der Waals surface area contributed by atoms with E-state index >= 15 is 0 Å². The summed E-state index contributed by atoms with van der Waals surface area (Å²) in [6.07, 6.45) is 3.62. The highest BCUT2D eigenvalue weighted by Gasteiger charge is 2.46. The zero-order valence-corrected chi connectivity index (χ0v) is 18.2. The van der Waals surface area contributed by atoms with Crippen LogP contribution in [0.15, 0.2) is 54.6 Å². The van der Waals surface area contributed by atoms with Crippen LogP contribution >= 0.6 is 0 Å². The monoisotopic (exact) mass is 440 g/mol. The molecule has 7 nitrogen and oxygen atoms in total. The van der Waals surface area contributed by atoms with Crippen molar-refractivity contribution < 1.29 is 35.1 Å². The van der Waals surface area contributed by atoms with Gasteiger partial charge in [-0.15, -0.1) is 0 Å². The number of phenols is 2. The largest absolute Gasteiger partial charge is 0.508 e. The third-order valence-electron chi connectivity index (χ3n) is 5.27. The second kappa shape index (κ2) is 8.78. The average molecular weight is 440 g/mol. The van der Waals surface area contributed by atoms with Gasteiger partial charge in [0.05, 0.1) is 16.7 Å². The molecule has 0 saturated heterocycles. The van der Waals surface area contributed by atoms with Crippen molar-refractivity contribution in [3.8, 4) is 17.2 Å². The van der Waals surface area contributed by atoms with Gasteiger partial charge in [-0.3, -0.25) is 4.79 Å². The number of allylic oxidation sites excluding steroid dienone is 1. The lowest BCUT2D eigenvalue weighted by molar-refractivity contribution is -0.0858. The minimum atomic E-state index is -1.50. The predicted octanol–water partition coefficient (Wildman–Crippen LogP) is 3.26. The molecule has 0 unspecified atom stereocenters. The fourth-order valence-electron chi connectivity index (χ4n) is 3.55. The molecule has 3 atom stereocenters. The van der Waals surface area contributed by atoms with Crippen molar-refractivity contribution >= 4 is 11.9 Å². The van der Waals surface area contributed by atoms with Crippen LogP contribution < -0.4 is 4.74 Å². The number of carbonyl (C=O) groups is 1. The fourth-order valence-corrected chi connectivity index (χ4v) is 3.55. The summed E-state index contributed by atoms with van der Waals surface area (Å²) in [6, 6.07) is 9.13. The van der Waals surface area contributed by atoms with E-state index in [9.17, 15) is 30.3 Å². The molecule has 5 N–H and O–H groups in total. The predicted molar refractivity (Wildman–Crippen MR) is 120 cm³/mol. The van der Waals surface area contributed by atoms with Gasteiger partial charge in [-0.1, -0.05) is 30.4 Å². The van der Waals surface area contributed by atoms with Crippen molar-refractivity contribution in [2.45, 2.75) is 50.6 Å². The molecule has 0 radical (unpaired) electrons. The number of hydrogen-bond donors (Lipinski definition) is 5. The first kappa shape index (κ1) is 23.5. The van der Waals surface area contributed by atoms with Gasteiger partial charge in [0.15, 0.2) is 11.9 Å². The molecule has 3 rings (SSSR count). The van der Waals surface area contributed by atoms with Crippen LogP contribution in [0.4, 0.5) is 0 Å². The van der Waals surface area contributed by atoms with E-state index in [2.05, 4.69) is 0 Å². The van der Waals surface area contributed by atoms with Crippen molar-refractivity contribution in [3.63, 3.8) is 0 Å². The van der Waals surface area contributed by atoms with Crippen molar-refractivity contribution in [1.29, 1.82) is 0 Å². The topological polar surface area (TPSA) is 127 Å². The summed E-state index contributed by atoms with van der Waals surface area (Å²) < 4.78 is 5.71. The SMILES string of the molecule is CC(C)(O)/C=C/C[C@](C)(O)[C@H]1Oc2ccc(C(=O)/C=C/c3ccc(O)cc3)c(O)c2[C@@H]1O. The van der Waals surface area contributed by atoms with E-state index in [1.807, 2.05) is 0 Å². The first-order valence-corrected chi connectivity index (χ1v) is 10.2. The summed E-state index contributed by atoms with van der Waals surface area (Å²) in [5.74, 6) is -0.583. The summed E-state index contributed by atoms with van der Waals surface area (Å²) in [5.41, 5.74) is -1.82. The van der Waals surface area contributed by atoms with E-state index < -0.39 is 34.9 Å². The third kappa shape index (κ3) is 5.19. The van der Waals surface area contributed by atoms with Gasteiger partial charge in [-0.2, -0.15) is 0 Å². The lowest BCUT2D eigenvalue weighted by Gasteiger charge is -2.30. The van der Waals surface area contributed by atoms with Crippen molar-refractivity contribution in [2.75, 3.05) is 0 Å². The number of ether oxygens (including phenoxy) is 1. The number of benzene rings is 2. The minimum Gasteiger partial charge on any atom is -0.508 e. The van der Waals surface area contributed by atoms with Crippen LogP contribution in [0.1, 0.15) is 54.8 Å². The van der Waals surface area contributed by atoms with Gasteiger partial charge in [-0.25, -0.2) is 0 Å². The molecular weight excluding hydrogens is 412 g/mol. The van der Waals surface area contributed by atoms with Gasteiger partial charge in [-0.05, 0) is 63.1 Å². The van der Waals surface area contributed by atoms with Crippen LogP contribution in [0.5, 0.6) is 17.2 Å². The molecule has 2 aromatic rings. The van der Waals surface area contributed by atoms with Crippen LogP contribution in [0.2, 0.25) is 0 Å². The van der Waals surface area contributed by atoms with E-state index in [1.54, 1.807) is 38.1 Å². The Bertz CT molecular complexity index is 1040. The Labute approximate surface area is 186 Å². The molecule has 0 fully saturated rings. The fraction of sp³-hybridized carbons (Fsp3) is 0.320. The van der Waals surface area contributed by atoms with Crippen LogP contribution in [0, 0.1) is 0 Å². The van der Waals surface area contributed by atoms with Gasteiger partial charge in [0.1, 0.15) is 29.0 Å². The number of ketones is 1. The molecule has 7 heteroatoms. The van der Waals surface area contributed by atoms with Crippen LogP contribution in [0.25, 0.3) is 6.08 Å². The normalized spacial score (nSPS) is 20.3. The Morgan fingerprint density at radius 2 is 1.72 bits per heavy atom. The smallest absolute Gasteiger partial charge is 0.189 e. The number of fused-ring (bicyclic) bond motifs is 1. The molecule has 0 spiro atoms. The number of aliphatic hydroxyl groups is 3. The second-order valence-electron chi connectivity index (χ2n) is 8.76. The Morgan fingerprint density at radius 1 is 1.06 bits per heavy atom. The molecule has 0 aromatic heterocycles. The Kier molecular flexibility index (Phi) is 6.46. The van der Waals surface area contributed by atoms with Gasteiger partial charge in [0.2, 0.25) is 0 Å². The van der Waals surface area contributed by atoms with Crippen molar-refractivity contribution in [3.05, 3.63) is 71.3 Å². The standard InChI is InChI=1S/C25H28O7/c1-24(2,30)13-4-14-25(3,31)23-22(29)20-19(32-23)12-10-17(21(20)28)18(27)11-7-15-5-8-16(26)9-6-15/h4-13,22-23,26,28-31H,14H2,1-3H3/b11-7+,13-4+/t22-,23-,25-/m0/s1. The number of aromatic hydroxyl groups is 2. The van der Waals surface area contributed by atoms with E-state index in [1.165, 1.54) is 43.3 Å². The van der Waals surface area contributed by atoms with Gasteiger partial charge in [0, 0.05) is 0 Å². The Hall–Kier alpha value is -3.13. The van der Waals surface area contributed by atoms with Crippen LogP contribution in [0.3, 0.4) is 0 Å². The lowest BCUT2D eigenvalue weighted by Crippen LogP contribution is -2.44. The molecule has 32 heavy (non-hydrogen) atoms. The molecule has 0 bridgehead atoms. The summed E-state index contributed by atoms with van der Waals surface area (Å²) in [7, 11) is 0. The zero-order valence-electron chi connectivity index (χ0n) is 18.2. The highest BCUT2D eigenvalue weighted by Crippen LogP contribution is 2.47. The number of aliphatic hydroxyl groups excluding tert-OH is 1. The van der Waals surface area contributed by atoms with E-state index in [0.29, 0.717) is 5.56 Å². The molecule has 1 aliphatic rings. The minimum absolute atomic E-state index is 0.0105. The third-order valence-corrected chi connectivity index (χ3v) is 5.27. The molecule has 2 aromatic carbocycles. The van der Waals surface area contributed by atoms with E-state index in [4.69, 9.17) is 4.74 Å². The first-order valence-electron chi connectivity index (χ1n) is 10.2. The average Bonchev–Trinajstić information content (AvgIpc) is 3.04. The summed E-state index contributed by atoms with van der Waals surface area (Å²) in [5, 5.41) is 51.5. The molecule has 0 saturated carbocycles. The molecule has 0 amide bonds. The summed E-state index contributed by atoms with van der Waals surface area (Å²) in [6.45, 7) is 4.69. The maximum Gasteiger partial charge on any atom is 0.189 e. The summed E-state index contributed by atoms with van der Waals surface area (Å²) >= 11 is 0. The molecule has 1 heterocycles. The molecule has 1 aliphatic heterocycles. The second-order valence-corrected chi connectivity index (χ2v) is 8.76. The van der Waals surface area contributed by atoms with Crippen LogP contribution in [-0.2, 0) is 0 Å². The summed E-state index contributed by atoms with van der Waals surface area (Å²) in [4.78, 5) is 12.6. The highest BCUT2D eigenvalue weighted by molar-refractivity contribution is 6.09. The molecular formula is C25H28O7. The van der Waals surface area contributed by atoms with E-state index in [0.717, 1.165) is 0 Å². The van der Waals surface area contributed by atoms with Crippen molar-refractivity contribution in [2.24, 2.45) is 0 Å². The van der Waals surface area contributed by atoms with Gasteiger partial charge < -0.3 is 30.3 Å². The van der Waals surface area contributed by atoms with E-state index in [-0.39, 0.29) is 29.0 Å². The Balaban J connectivity index is 1.81. The van der Waals surface area contributed by atoms with Gasteiger partial charge >= 0.3 is 0 Å². The molecule has 0 aliphatic carbocycles. The number of phenolic OH excluding ortho intramolecular Hbond substituents is 2. The number of hydrogen-bond acceptors (Lipinski definition) is 7. The number of rotatable bonds is 7. The number of carbonyl (C=O) groups excluding carboxylic acids is 1.